The fraction of sp³-hybridized carbons (Fsp3) is 0.286. The molecule has 1 aromatic heterocycles. The Morgan fingerprint density at radius 3 is 2.69 bits per heavy atom. The van der Waals surface area contributed by atoms with E-state index in [9.17, 15) is 18.0 Å². The van der Waals surface area contributed by atoms with E-state index < -0.39 is 12.1 Å². The molecule has 1 amide bonds. The molecular formula is C7H6F3NO2. The van der Waals surface area contributed by atoms with Gasteiger partial charge in [-0.15, -0.1) is 0 Å². The Bertz CT molecular complexity index is 278. The molecule has 0 radical (unpaired) electrons. The molecule has 0 saturated heterocycles. The third kappa shape index (κ3) is 2.81. The van der Waals surface area contributed by atoms with Crippen LogP contribution >= 0.6 is 0 Å². The topological polar surface area (TPSA) is 42.2 Å². The summed E-state index contributed by atoms with van der Waals surface area (Å²) in [7, 11) is 0. The molecule has 6 heteroatoms. The molecule has 1 aromatic rings. The number of alkyl halides is 3. The summed E-state index contributed by atoms with van der Waals surface area (Å²) in [6.07, 6.45) is -3.53. The number of furan rings is 1. The van der Waals surface area contributed by atoms with Crippen LogP contribution in [-0.2, 0) is 11.3 Å². The van der Waals surface area contributed by atoms with E-state index in [0.29, 0.717) is 0 Å². The molecule has 1 rings (SSSR count). The van der Waals surface area contributed by atoms with Crippen molar-refractivity contribution in [3.8, 4) is 0 Å². The van der Waals surface area contributed by atoms with Gasteiger partial charge in [-0.3, -0.25) is 4.79 Å². The largest absolute Gasteiger partial charge is 0.471 e. The summed E-state index contributed by atoms with van der Waals surface area (Å²) in [5.74, 6) is -1.69. The van der Waals surface area contributed by atoms with Crippen LogP contribution in [0.1, 0.15) is 5.76 Å². The Balaban J connectivity index is 2.40. The zero-order valence-corrected chi connectivity index (χ0v) is 6.39. The van der Waals surface area contributed by atoms with E-state index in [2.05, 4.69) is 0 Å². The summed E-state index contributed by atoms with van der Waals surface area (Å²) in [6, 6.07) is 2.99. The Morgan fingerprint density at radius 2 is 2.23 bits per heavy atom. The number of hydrogen-bond donors (Lipinski definition) is 1. The van der Waals surface area contributed by atoms with Crippen LogP contribution in [-0.4, -0.2) is 12.1 Å². The van der Waals surface area contributed by atoms with Crippen molar-refractivity contribution in [2.24, 2.45) is 0 Å². The molecule has 0 bridgehead atoms. The van der Waals surface area contributed by atoms with Crippen LogP contribution in [0.5, 0.6) is 0 Å². The lowest BCUT2D eigenvalue weighted by atomic mass is 10.4. The molecule has 3 nitrogen and oxygen atoms in total. The highest BCUT2D eigenvalue weighted by Gasteiger charge is 2.38. The summed E-state index contributed by atoms with van der Waals surface area (Å²) < 4.78 is 39.6. The summed E-state index contributed by atoms with van der Waals surface area (Å²) in [5, 5.41) is 1.67. The van der Waals surface area contributed by atoms with Gasteiger partial charge in [-0.25, -0.2) is 0 Å². The van der Waals surface area contributed by atoms with Crippen molar-refractivity contribution in [3.63, 3.8) is 0 Å². The maximum atomic E-state index is 11.6. The number of hydrogen-bond acceptors (Lipinski definition) is 2. The van der Waals surface area contributed by atoms with Gasteiger partial charge >= 0.3 is 12.1 Å². The van der Waals surface area contributed by atoms with Crippen LogP contribution < -0.4 is 5.32 Å². The molecule has 0 fully saturated rings. The minimum atomic E-state index is -4.84. The van der Waals surface area contributed by atoms with Crippen molar-refractivity contribution in [1.82, 2.24) is 5.32 Å². The van der Waals surface area contributed by atoms with E-state index in [1.165, 1.54) is 18.4 Å². The second kappa shape index (κ2) is 3.51. The SMILES string of the molecule is O=C(NCc1ccco1)C(F)(F)F. The average Bonchev–Trinajstić information content (AvgIpc) is 2.50. The number of carbonyl (C=O) groups is 1. The van der Waals surface area contributed by atoms with E-state index in [0.717, 1.165) is 0 Å². The highest BCUT2D eigenvalue weighted by Crippen LogP contribution is 2.14. The van der Waals surface area contributed by atoms with Gasteiger partial charge in [0.1, 0.15) is 5.76 Å². The lowest BCUT2D eigenvalue weighted by molar-refractivity contribution is -0.173. The van der Waals surface area contributed by atoms with Crippen LogP contribution in [0.3, 0.4) is 0 Å². The first-order valence-electron chi connectivity index (χ1n) is 3.37. The zero-order chi connectivity index (χ0) is 9.90. The van der Waals surface area contributed by atoms with E-state index in [4.69, 9.17) is 4.42 Å². The first-order valence-corrected chi connectivity index (χ1v) is 3.37. The summed E-state index contributed by atoms with van der Waals surface area (Å²) >= 11 is 0. The third-order valence-corrected chi connectivity index (χ3v) is 1.26. The first kappa shape index (κ1) is 9.63. The standard InChI is InChI=1S/C7H6F3NO2/c8-7(9,10)6(12)11-4-5-2-1-3-13-5/h1-3H,4H2,(H,11,12). The van der Waals surface area contributed by atoms with Crippen molar-refractivity contribution < 1.29 is 22.4 Å². The second-order valence-corrected chi connectivity index (χ2v) is 2.26. The molecule has 0 aliphatic carbocycles. The minimum Gasteiger partial charge on any atom is -0.467 e. The maximum Gasteiger partial charge on any atom is 0.471 e. The fourth-order valence-electron chi connectivity index (χ4n) is 0.681. The molecule has 0 saturated carbocycles. The molecule has 0 aromatic carbocycles. The lowest BCUT2D eigenvalue weighted by Gasteiger charge is -2.05. The molecule has 72 valence electrons. The zero-order valence-electron chi connectivity index (χ0n) is 6.39. The van der Waals surface area contributed by atoms with Gasteiger partial charge in [-0.05, 0) is 12.1 Å². The summed E-state index contributed by atoms with van der Waals surface area (Å²) in [6.45, 7) is -0.259. The number of carbonyl (C=O) groups excluding carboxylic acids is 1. The molecule has 0 unspecified atom stereocenters. The van der Waals surface area contributed by atoms with Crippen LogP contribution in [0.15, 0.2) is 22.8 Å². The number of rotatable bonds is 2. The summed E-state index contributed by atoms with van der Waals surface area (Å²) in [5.41, 5.74) is 0. The van der Waals surface area contributed by atoms with Gasteiger partial charge in [0.2, 0.25) is 0 Å². The molecule has 0 atom stereocenters. The van der Waals surface area contributed by atoms with Gasteiger partial charge in [0, 0.05) is 0 Å². The predicted molar refractivity (Wildman–Crippen MR) is 36.6 cm³/mol. The smallest absolute Gasteiger partial charge is 0.467 e. The maximum absolute atomic E-state index is 11.6. The van der Waals surface area contributed by atoms with Crippen LogP contribution in [0.2, 0.25) is 0 Å². The van der Waals surface area contributed by atoms with Crippen LogP contribution in [0.4, 0.5) is 13.2 Å². The normalized spacial score (nSPS) is 11.3. The lowest BCUT2D eigenvalue weighted by Crippen LogP contribution is -2.36. The average molecular weight is 193 g/mol. The van der Waals surface area contributed by atoms with Crippen LogP contribution in [0, 0.1) is 0 Å². The van der Waals surface area contributed by atoms with E-state index in [1.807, 2.05) is 0 Å². The Kier molecular flexibility index (Phi) is 2.60. The van der Waals surface area contributed by atoms with Gasteiger partial charge in [0.25, 0.3) is 0 Å². The molecular weight excluding hydrogens is 187 g/mol. The Hall–Kier alpha value is -1.46. The molecule has 13 heavy (non-hydrogen) atoms. The van der Waals surface area contributed by atoms with Gasteiger partial charge in [0.05, 0.1) is 12.8 Å². The van der Waals surface area contributed by atoms with Gasteiger partial charge in [-0.2, -0.15) is 13.2 Å². The van der Waals surface area contributed by atoms with E-state index in [-0.39, 0.29) is 12.3 Å². The monoisotopic (exact) mass is 193 g/mol. The molecule has 0 aliphatic heterocycles. The quantitative estimate of drug-likeness (QED) is 0.772. The Morgan fingerprint density at radius 1 is 1.54 bits per heavy atom. The molecule has 1 N–H and O–H groups in total. The molecule has 0 aliphatic rings. The van der Waals surface area contributed by atoms with Crippen molar-refractivity contribution in [2.45, 2.75) is 12.7 Å². The number of halogens is 3. The van der Waals surface area contributed by atoms with Gasteiger partial charge < -0.3 is 9.73 Å². The molecule has 0 spiro atoms. The second-order valence-electron chi connectivity index (χ2n) is 2.26. The molecule has 1 heterocycles. The van der Waals surface area contributed by atoms with Crippen LogP contribution in [0.25, 0.3) is 0 Å². The van der Waals surface area contributed by atoms with Crippen molar-refractivity contribution in [1.29, 1.82) is 0 Å². The fourth-order valence-corrected chi connectivity index (χ4v) is 0.681. The minimum absolute atomic E-state index is 0.259. The van der Waals surface area contributed by atoms with Crippen molar-refractivity contribution in [2.75, 3.05) is 0 Å². The highest BCUT2D eigenvalue weighted by atomic mass is 19.4. The summed E-state index contributed by atoms with van der Waals surface area (Å²) in [4.78, 5) is 10.3. The third-order valence-electron chi connectivity index (χ3n) is 1.26. The Labute approximate surface area is 71.5 Å². The number of amides is 1. The number of nitrogens with one attached hydrogen (secondary N) is 1. The van der Waals surface area contributed by atoms with Gasteiger partial charge in [-0.1, -0.05) is 0 Å². The van der Waals surface area contributed by atoms with Crippen molar-refractivity contribution >= 4 is 5.91 Å². The first-order chi connectivity index (χ1) is 6.00. The van der Waals surface area contributed by atoms with Crippen molar-refractivity contribution in [3.05, 3.63) is 24.2 Å². The highest BCUT2D eigenvalue weighted by molar-refractivity contribution is 5.81. The van der Waals surface area contributed by atoms with Gasteiger partial charge in [0.15, 0.2) is 0 Å². The predicted octanol–water partition coefficient (Wildman–Crippen LogP) is 1.46. The van der Waals surface area contributed by atoms with E-state index in [1.54, 1.807) is 5.32 Å². The van der Waals surface area contributed by atoms with E-state index >= 15 is 0 Å².